The van der Waals surface area contributed by atoms with Gasteiger partial charge in [-0.05, 0) is 36.5 Å². The van der Waals surface area contributed by atoms with Gasteiger partial charge in [0.15, 0.2) is 0 Å². The molecule has 6 heteroatoms. The maximum absolute atomic E-state index is 12.2. The van der Waals surface area contributed by atoms with Crippen LogP contribution in [0, 0.1) is 23.7 Å². The third-order valence-electron chi connectivity index (χ3n) is 4.97. The summed E-state index contributed by atoms with van der Waals surface area (Å²) >= 11 is 0. The molecular weight excluding hydrogens is 344 g/mol. The average Bonchev–Trinajstić information content (AvgIpc) is 2.55. The van der Waals surface area contributed by atoms with E-state index >= 15 is 0 Å². The molecule has 0 aliphatic rings. The maximum atomic E-state index is 12.2. The van der Waals surface area contributed by atoms with E-state index in [4.69, 9.17) is 5.73 Å². The highest BCUT2D eigenvalue weighted by molar-refractivity contribution is 5.84. The summed E-state index contributed by atoms with van der Waals surface area (Å²) < 4.78 is 0. The lowest BCUT2D eigenvalue weighted by Gasteiger charge is -2.25. The van der Waals surface area contributed by atoms with Gasteiger partial charge >= 0.3 is 5.97 Å². The van der Waals surface area contributed by atoms with Crippen LogP contribution in [-0.2, 0) is 14.4 Å². The van der Waals surface area contributed by atoms with Crippen LogP contribution in [0.5, 0.6) is 0 Å². The summed E-state index contributed by atoms with van der Waals surface area (Å²) in [6.07, 6.45) is 5.90. The van der Waals surface area contributed by atoms with Crippen LogP contribution in [0.4, 0.5) is 0 Å². The average molecular weight is 385 g/mol. The van der Waals surface area contributed by atoms with Crippen molar-refractivity contribution in [3.63, 3.8) is 0 Å². The molecule has 0 saturated carbocycles. The molecule has 0 aliphatic heterocycles. The van der Waals surface area contributed by atoms with Crippen LogP contribution in [-0.4, -0.2) is 35.4 Å². The largest absolute Gasteiger partial charge is 0.481 e. The first-order valence-corrected chi connectivity index (χ1v) is 10.3. The minimum Gasteiger partial charge on any atom is -0.481 e. The Morgan fingerprint density at radius 3 is 2.11 bits per heavy atom. The number of hydrogen-bond acceptors (Lipinski definition) is 4. The van der Waals surface area contributed by atoms with Crippen LogP contribution in [0.2, 0.25) is 0 Å². The van der Waals surface area contributed by atoms with Gasteiger partial charge in [0.1, 0.15) is 6.29 Å². The predicted octanol–water partition coefficient (Wildman–Crippen LogP) is 3.38. The Balaban J connectivity index is 4.74. The van der Waals surface area contributed by atoms with Crippen molar-refractivity contribution in [1.29, 1.82) is 0 Å². The van der Waals surface area contributed by atoms with Crippen molar-refractivity contribution < 1.29 is 19.5 Å². The number of nitrogens with one attached hydrogen (secondary N) is 1. The summed E-state index contributed by atoms with van der Waals surface area (Å²) in [7, 11) is 0. The molecule has 4 N–H and O–H groups in total. The SMILES string of the molecule is CC(C)CCCC(C)CCC(CC(=O)O)[C@@H](C=O)NC(=O)[C@@H](N)CC(C)C. The second-order valence-electron chi connectivity index (χ2n) is 8.77. The highest BCUT2D eigenvalue weighted by Gasteiger charge is 2.27. The van der Waals surface area contributed by atoms with Gasteiger partial charge in [0.25, 0.3) is 0 Å². The standard InChI is InChI=1S/C21H40N2O4/c1-14(2)7-6-8-16(5)9-10-17(12-20(25)26)19(13-24)23-21(27)18(22)11-15(3)4/h13-19H,6-12,22H2,1-5H3,(H,23,27)(H,25,26)/t16?,17?,18-,19+/m0/s1. The van der Waals surface area contributed by atoms with Gasteiger partial charge < -0.3 is 21.0 Å². The highest BCUT2D eigenvalue weighted by atomic mass is 16.4. The Morgan fingerprint density at radius 2 is 1.63 bits per heavy atom. The molecule has 0 radical (unpaired) electrons. The van der Waals surface area contributed by atoms with E-state index in [1.165, 1.54) is 6.42 Å². The lowest BCUT2D eigenvalue weighted by atomic mass is 9.87. The number of aliphatic carboxylic acids is 1. The smallest absolute Gasteiger partial charge is 0.303 e. The van der Waals surface area contributed by atoms with Gasteiger partial charge in [0.05, 0.1) is 18.5 Å². The fraction of sp³-hybridized carbons (Fsp3) is 0.857. The minimum atomic E-state index is -0.958. The Bertz CT molecular complexity index is 451. The summed E-state index contributed by atoms with van der Waals surface area (Å²) in [6.45, 7) is 10.5. The zero-order valence-corrected chi connectivity index (χ0v) is 17.7. The van der Waals surface area contributed by atoms with Gasteiger partial charge in [0, 0.05) is 0 Å². The van der Waals surface area contributed by atoms with E-state index in [2.05, 4.69) is 26.1 Å². The van der Waals surface area contributed by atoms with Gasteiger partial charge in [-0.3, -0.25) is 9.59 Å². The maximum Gasteiger partial charge on any atom is 0.303 e. The molecule has 0 aromatic rings. The van der Waals surface area contributed by atoms with Crippen molar-refractivity contribution >= 4 is 18.2 Å². The van der Waals surface area contributed by atoms with Crippen LogP contribution in [0.1, 0.15) is 79.6 Å². The summed E-state index contributed by atoms with van der Waals surface area (Å²) in [5.74, 6) is -0.348. The molecule has 0 spiro atoms. The Hall–Kier alpha value is -1.43. The molecule has 0 fully saturated rings. The second-order valence-corrected chi connectivity index (χ2v) is 8.77. The van der Waals surface area contributed by atoms with Gasteiger partial charge in [-0.25, -0.2) is 0 Å². The van der Waals surface area contributed by atoms with Crippen LogP contribution in [0.25, 0.3) is 0 Å². The second kappa shape index (κ2) is 13.7. The molecule has 1 amide bonds. The molecule has 27 heavy (non-hydrogen) atoms. The molecule has 0 saturated heterocycles. The number of carboxylic acids is 1. The van der Waals surface area contributed by atoms with E-state index in [0.29, 0.717) is 31.0 Å². The third kappa shape index (κ3) is 12.6. The zero-order chi connectivity index (χ0) is 21.0. The first-order chi connectivity index (χ1) is 12.6. The zero-order valence-electron chi connectivity index (χ0n) is 17.7. The summed E-state index contributed by atoms with van der Waals surface area (Å²) in [5, 5.41) is 11.9. The van der Waals surface area contributed by atoms with Crippen molar-refractivity contribution in [3.05, 3.63) is 0 Å². The monoisotopic (exact) mass is 384 g/mol. The molecule has 0 aromatic carbocycles. The van der Waals surface area contributed by atoms with E-state index < -0.39 is 24.0 Å². The molecule has 0 heterocycles. The van der Waals surface area contributed by atoms with Gasteiger partial charge in [-0.2, -0.15) is 0 Å². The topological polar surface area (TPSA) is 109 Å². The number of carbonyl (C=O) groups is 3. The van der Waals surface area contributed by atoms with Crippen LogP contribution < -0.4 is 11.1 Å². The Labute approximate surface area is 164 Å². The number of nitrogens with two attached hydrogens (primary N) is 1. The van der Waals surface area contributed by atoms with E-state index in [1.54, 1.807) is 0 Å². The molecular formula is C21H40N2O4. The summed E-state index contributed by atoms with van der Waals surface area (Å²) in [5.41, 5.74) is 5.88. The molecule has 0 aromatic heterocycles. The molecule has 0 aliphatic carbocycles. The van der Waals surface area contributed by atoms with Gasteiger partial charge in [0.2, 0.25) is 5.91 Å². The number of carboxylic acid groups (broad SMARTS) is 1. The molecule has 158 valence electrons. The summed E-state index contributed by atoms with van der Waals surface area (Å²) in [6, 6.07) is -1.50. The predicted molar refractivity (Wildman–Crippen MR) is 108 cm³/mol. The lowest BCUT2D eigenvalue weighted by Crippen LogP contribution is -2.49. The minimum absolute atomic E-state index is 0.137. The van der Waals surface area contributed by atoms with Crippen molar-refractivity contribution in [1.82, 2.24) is 5.32 Å². The molecule has 0 bridgehead atoms. The Kier molecular flexibility index (Phi) is 13.0. The number of amides is 1. The third-order valence-corrected chi connectivity index (χ3v) is 4.97. The highest BCUT2D eigenvalue weighted by Crippen LogP contribution is 2.23. The quantitative estimate of drug-likeness (QED) is 0.375. The number of aldehydes is 1. The molecule has 4 atom stereocenters. The molecule has 2 unspecified atom stereocenters. The van der Waals surface area contributed by atoms with Crippen LogP contribution in [0.15, 0.2) is 0 Å². The van der Waals surface area contributed by atoms with Gasteiger partial charge in [-0.15, -0.1) is 0 Å². The first kappa shape index (κ1) is 25.6. The van der Waals surface area contributed by atoms with E-state index in [-0.39, 0.29) is 18.2 Å². The number of hydrogen-bond donors (Lipinski definition) is 3. The van der Waals surface area contributed by atoms with E-state index in [9.17, 15) is 19.5 Å². The van der Waals surface area contributed by atoms with E-state index in [1.807, 2.05) is 13.8 Å². The fourth-order valence-corrected chi connectivity index (χ4v) is 3.30. The molecule has 6 nitrogen and oxygen atoms in total. The van der Waals surface area contributed by atoms with Crippen LogP contribution >= 0.6 is 0 Å². The fourth-order valence-electron chi connectivity index (χ4n) is 3.30. The first-order valence-electron chi connectivity index (χ1n) is 10.3. The van der Waals surface area contributed by atoms with E-state index in [0.717, 1.165) is 19.3 Å². The normalized spacial score (nSPS) is 16.0. The summed E-state index contributed by atoms with van der Waals surface area (Å²) in [4.78, 5) is 35.0. The van der Waals surface area contributed by atoms with Crippen molar-refractivity contribution in [2.75, 3.05) is 0 Å². The van der Waals surface area contributed by atoms with Crippen molar-refractivity contribution in [3.8, 4) is 0 Å². The van der Waals surface area contributed by atoms with Crippen molar-refractivity contribution in [2.45, 2.75) is 91.6 Å². The Morgan fingerprint density at radius 1 is 1.00 bits per heavy atom. The van der Waals surface area contributed by atoms with Gasteiger partial charge in [-0.1, -0.05) is 60.3 Å². The van der Waals surface area contributed by atoms with Crippen molar-refractivity contribution in [2.24, 2.45) is 29.4 Å². The molecule has 0 rings (SSSR count). The lowest BCUT2D eigenvalue weighted by molar-refractivity contribution is -0.139. The number of rotatable bonds is 15. The van der Waals surface area contributed by atoms with Crippen LogP contribution in [0.3, 0.4) is 0 Å². The number of carbonyl (C=O) groups excluding carboxylic acids is 2.